The number of hydrogen-bond donors (Lipinski definition) is 1. The Labute approximate surface area is 125 Å². The monoisotopic (exact) mass is 361 g/mol. The zero-order chi connectivity index (χ0) is 13.2. The summed E-state index contributed by atoms with van der Waals surface area (Å²) in [7, 11) is 0. The minimum atomic E-state index is 0.859. The smallest absolute Gasteiger partial charge is 0.131 e. The van der Waals surface area contributed by atoms with Crippen LogP contribution in [-0.4, -0.2) is 9.97 Å². The fourth-order valence-electron chi connectivity index (χ4n) is 1.88. The number of rotatable bonds is 2. The number of fused-ring (bicyclic) bond motifs is 1. The normalized spacial score (nSPS) is 10.6. The van der Waals surface area contributed by atoms with Gasteiger partial charge in [0.1, 0.15) is 5.82 Å². The van der Waals surface area contributed by atoms with E-state index in [0.717, 1.165) is 16.9 Å². The number of pyridine rings is 2. The molecule has 0 saturated heterocycles. The lowest BCUT2D eigenvalue weighted by molar-refractivity contribution is 1.24. The quantitative estimate of drug-likeness (QED) is 0.692. The first-order chi connectivity index (χ1) is 9.22. The second kappa shape index (κ2) is 5.13. The molecule has 19 heavy (non-hydrogen) atoms. The van der Waals surface area contributed by atoms with Gasteiger partial charge in [-0.25, -0.2) is 4.98 Å². The number of nitrogens with zero attached hydrogens (tertiary/aromatic N) is 2. The van der Waals surface area contributed by atoms with E-state index in [1.54, 1.807) is 6.20 Å². The van der Waals surface area contributed by atoms with Crippen molar-refractivity contribution in [2.24, 2.45) is 0 Å². The Hall–Kier alpha value is -1.69. The highest BCUT2D eigenvalue weighted by atomic mass is 127. The molecular weight excluding hydrogens is 349 g/mol. The molecule has 0 radical (unpaired) electrons. The minimum Gasteiger partial charge on any atom is -0.340 e. The van der Waals surface area contributed by atoms with Crippen molar-refractivity contribution >= 4 is 44.9 Å². The van der Waals surface area contributed by atoms with Gasteiger partial charge in [0.2, 0.25) is 0 Å². The summed E-state index contributed by atoms with van der Waals surface area (Å²) in [5.74, 6) is 0.859. The van der Waals surface area contributed by atoms with Crippen molar-refractivity contribution in [3.8, 4) is 0 Å². The first-order valence-corrected chi connectivity index (χ1v) is 7.03. The lowest BCUT2D eigenvalue weighted by atomic mass is 10.1. The van der Waals surface area contributed by atoms with Crippen molar-refractivity contribution in [2.45, 2.75) is 6.92 Å². The van der Waals surface area contributed by atoms with E-state index in [0.29, 0.717) is 0 Å². The zero-order valence-electron chi connectivity index (χ0n) is 10.4. The van der Waals surface area contributed by atoms with E-state index in [9.17, 15) is 0 Å². The summed E-state index contributed by atoms with van der Waals surface area (Å²) in [5, 5.41) is 5.63. The van der Waals surface area contributed by atoms with E-state index in [1.165, 1.54) is 14.5 Å². The second-order valence-corrected chi connectivity index (χ2v) is 5.54. The van der Waals surface area contributed by atoms with Crippen LogP contribution in [0.15, 0.2) is 48.9 Å². The Morgan fingerprint density at radius 2 is 1.95 bits per heavy atom. The summed E-state index contributed by atoms with van der Waals surface area (Å²) in [6.07, 6.45) is 5.55. The molecule has 0 atom stereocenters. The van der Waals surface area contributed by atoms with Gasteiger partial charge in [0.25, 0.3) is 0 Å². The van der Waals surface area contributed by atoms with Gasteiger partial charge in [0.15, 0.2) is 0 Å². The Bertz CT molecular complexity index is 740. The number of nitrogens with one attached hydrogen (secondary N) is 1. The second-order valence-electron chi connectivity index (χ2n) is 4.38. The molecule has 0 saturated carbocycles. The SMILES string of the molecule is Cc1cnc(Nc2ccc3ccncc3c2)cc1I. The Morgan fingerprint density at radius 1 is 1.05 bits per heavy atom. The number of aryl methyl sites for hydroxylation is 1. The fraction of sp³-hybridized carbons (Fsp3) is 0.0667. The molecule has 94 valence electrons. The van der Waals surface area contributed by atoms with E-state index in [2.05, 4.69) is 63.0 Å². The third kappa shape index (κ3) is 2.68. The highest BCUT2D eigenvalue weighted by molar-refractivity contribution is 14.1. The van der Waals surface area contributed by atoms with Gasteiger partial charge >= 0.3 is 0 Å². The molecule has 3 aromatic rings. The van der Waals surface area contributed by atoms with Crippen LogP contribution < -0.4 is 5.32 Å². The average molecular weight is 361 g/mol. The van der Waals surface area contributed by atoms with E-state index >= 15 is 0 Å². The molecule has 0 fully saturated rings. The molecular formula is C15H12IN3. The fourth-order valence-corrected chi connectivity index (χ4v) is 2.31. The maximum atomic E-state index is 4.38. The number of benzene rings is 1. The van der Waals surface area contributed by atoms with Crippen molar-refractivity contribution in [1.29, 1.82) is 0 Å². The zero-order valence-corrected chi connectivity index (χ0v) is 12.5. The van der Waals surface area contributed by atoms with E-state index in [-0.39, 0.29) is 0 Å². The van der Waals surface area contributed by atoms with Crippen LogP contribution in [0.1, 0.15) is 5.56 Å². The van der Waals surface area contributed by atoms with Crippen LogP contribution in [0.4, 0.5) is 11.5 Å². The summed E-state index contributed by atoms with van der Waals surface area (Å²) in [6.45, 7) is 2.06. The summed E-state index contributed by atoms with van der Waals surface area (Å²) in [6, 6.07) is 10.3. The van der Waals surface area contributed by atoms with Gasteiger partial charge in [0.05, 0.1) is 0 Å². The van der Waals surface area contributed by atoms with E-state index in [4.69, 9.17) is 0 Å². The van der Waals surface area contributed by atoms with Crippen molar-refractivity contribution in [3.05, 3.63) is 58.1 Å². The van der Waals surface area contributed by atoms with Crippen LogP contribution >= 0.6 is 22.6 Å². The maximum absolute atomic E-state index is 4.38. The van der Waals surface area contributed by atoms with E-state index in [1.807, 2.05) is 24.5 Å². The molecule has 0 bridgehead atoms. The molecule has 0 aliphatic carbocycles. The van der Waals surface area contributed by atoms with Gasteiger partial charge in [-0.3, -0.25) is 4.98 Å². The van der Waals surface area contributed by atoms with Crippen LogP contribution in [0, 0.1) is 10.5 Å². The molecule has 3 nitrogen and oxygen atoms in total. The maximum Gasteiger partial charge on any atom is 0.131 e. The van der Waals surface area contributed by atoms with Crippen LogP contribution in [0.2, 0.25) is 0 Å². The first-order valence-electron chi connectivity index (χ1n) is 5.95. The topological polar surface area (TPSA) is 37.8 Å². The van der Waals surface area contributed by atoms with Crippen molar-refractivity contribution in [2.75, 3.05) is 5.32 Å². The Morgan fingerprint density at radius 3 is 2.79 bits per heavy atom. The summed E-state index contributed by atoms with van der Waals surface area (Å²) < 4.78 is 1.21. The first kappa shape index (κ1) is 12.3. The van der Waals surface area contributed by atoms with Crippen LogP contribution in [-0.2, 0) is 0 Å². The van der Waals surface area contributed by atoms with Crippen LogP contribution in [0.3, 0.4) is 0 Å². The predicted octanol–water partition coefficient (Wildman–Crippen LogP) is 4.29. The van der Waals surface area contributed by atoms with Gasteiger partial charge in [-0.15, -0.1) is 0 Å². The van der Waals surface area contributed by atoms with Gasteiger partial charge in [-0.05, 0) is 64.7 Å². The van der Waals surface area contributed by atoms with Gasteiger partial charge in [-0.1, -0.05) is 6.07 Å². The standard InChI is InChI=1S/C15H12IN3/c1-10-8-18-15(7-14(10)16)19-13-3-2-11-4-5-17-9-12(11)6-13/h2-9H,1H3,(H,18,19). The van der Waals surface area contributed by atoms with E-state index < -0.39 is 0 Å². The highest BCUT2D eigenvalue weighted by Crippen LogP contribution is 2.22. The lowest BCUT2D eigenvalue weighted by Crippen LogP contribution is -1.95. The summed E-state index contributed by atoms with van der Waals surface area (Å²) >= 11 is 2.32. The third-order valence-electron chi connectivity index (χ3n) is 2.95. The van der Waals surface area contributed by atoms with Gasteiger partial charge in [-0.2, -0.15) is 0 Å². The lowest BCUT2D eigenvalue weighted by Gasteiger charge is -2.08. The summed E-state index contributed by atoms with van der Waals surface area (Å²) in [4.78, 5) is 8.53. The molecule has 0 aliphatic heterocycles. The summed E-state index contributed by atoms with van der Waals surface area (Å²) in [5.41, 5.74) is 2.21. The average Bonchev–Trinajstić information content (AvgIpc) is 2.43. The number of hydrogen-bond acceptors (Lipinski definition) is 3. The third-order valence-corrected chi connectivity index (χ3v) is 4.11. The molecule has 3 rings (SSSR count). The Balaban J connectivity index is 1.94. The highest BCUT2D eigenvalue weighted by Gasteiger charge is 2.01. The van der Waals surface area contributed by atoms with Crippen molar-refractivity contribution in [1.82, 2.24) is 9.97 Å². The van der Waals surface area contributed by atoms with Crippen LogP contribution in [0.25, 0.3) is 10.8 Å². The van der Waals surface area contributed by atoms with Crippen molar-refractivity contribution < 1.29 is 0 Å². The largest absolute Gasteiger partial charge is 0.340 e. The molecule has 0 spiro atoms. The number of halogens is 1. The minimum absolute atomic E-state index is 0.859. The molecule has 0 unspecified atom stereocenters. The Kier molecular flexibility index (Phi) is 3.33. The molecule has 4 heteroatoms. The molecule has 1 aromatic carbocycles. The molecule has 2 heterocycles. The molecule has 1 N–H and O–H groups in total. The molecule has 2 aromatic heterocycles. The predicted molar refractivity (Wildman–Crippen MR) is 86.7 cm³/mol. The number of aromatic nitrogens is 2. The van der Waals surface area contributed by atoms with Crippen molar-refractivity contribution in [3.63, 3.8) is 0 Å². The number of anilines is 2. The molecule has 0 amide bonds. The van der Waals surface area contributed by atoms with Gasteiger partial charge < -0.3 is 5.32 Å². The molecule has 0 aliphatic rings. The van der Waals surface area contributed by atoms with Gasteiger partial charge in [0, 0.05) is 33.2 Å². The van der Waals surface area contributed by atoms with Crippen LogP contribution in [0.5, 0.6) is 0 Å².